The van der Waals surface area contributed by atoms with Gasteiger partial charge in [-0.1, -0.05) is 32.8 Å². The van der Waals surface area contributed by atoms with Gasteiger partial charge in [-0.15, -0.1) is 0 Å². The molecule has 1 aromatic carbocycles. The van der Waals surface area contributed by atoms with Gasteiger partial charge >= 0.3 is 6.92 Å². The van der Waals surface area contributed by atoms with Gasteiger partial charge in [0.05, 0.1) is 5.60 Å². The molecule has 2 fully saturated rings. The molecule has 4 heteroatoms. The molecule has 0 bridgehead atoms. The molecule has 0 aromatic heterocycles. The van der Waals surface area contributed by atoms with Gasteiger partial charge in [0, 0.05) is 11.1 Å². The second-order valence-corrected chi connectivity index (χ2v) is 9.09. The van der Waals surface area contributed by atoms with Crippen LogP contribution in [-0.2, 0) is 10.1 Å². The molecule has 0 radical (unpaired) electrons. The van der Waals surface area contributed by atoms with Crippen LogP contribution in [0, 0.1) is 11.2 Å². The van der Waals surface area contributed by atoms with Crippen LogP contribution < -0.4 is 5.46 Å². The number of benzene rings is 1. The molecule has 128 valence electrons. The van der Waals surface area contributed by atoms with E-state index in [-0.39, 0.29) is 29.2 Å². The normalized spacial score (nSPS) is 26.1. The molecule has 0 unspecified atom stereocenters. The summed E-state index contributed by atoms with van der Waals surface area (Å²) >= 11 is 0. The molecular weight excluding hydrogens is 300 g/mol. The summed E-state index contributed by atoms with van der Waals surface area (Å²) in [6.45, 7) is 10.8. The summed E-state index contributed by atoms with van der Waals surface area (Å²) in [7, 11) is 0. The number of hydrogen-bond acceptors (Lipinski definition) is 2. The third-order valence-corrected chi connectivity index (χ3v) is 7.16. The van der Waals surface area contributed by atoms with Crippen molar-refractivity contribution in [3.05, 3.63) is 23.5 Å². The smallest absolute Gasteiger partial charge is 0.328 e. The molecule has 1 aromatic rings. The molecule has 0 amide bonds. The fourth-order valence-electron chi connectivity index (χ4n) is 4.82. The standard InChI is InChI=1S/C20H27BFNO/c1-13-20(8-6-7-9-20)15-10-14(11-16(22)17(15)23-13)21-12-18(2,3)19(4,5)24-21/h10-11H,6-9,12H2,1-5H3. The van der Waals surface area contributed by atoms with E-state index in [1.54, 1.807) is 6.07 Å². The number of hydrogen-bond donors (Lipinski definition) is 0. The topological polar surface area (TPSA) is 21.6 Å². The van der Waals surface area contributed by atoms with Gasteiger partial charge in [0.2, 0.25) is 0 Å². The van der Waals surface area contributed by atoms with Gasteiger partial charge in [0.25, 0.3) is 0 Å². The number of nitrogens with zero attached hydrogens (tertiary/aromatic N) is 1. The van der Waals surface area contributed by atoms with Crippen LogP contribution >= 0.6 is 0 Å². The van der Waals surface area contributed by atoms with E-state index in [4.69, 9.17) is 4.65 Å². The van der Waals surface area contributed by atoms with E-state index >= 15 is 0 Å². The van der Waals surface area contributed by atoms with E-state index in [9.17, 15) is 4.39 Å². The quantitative estimate of drug-likeness (QED) is 0.681. The van der Waals surface area contributed by atoms with Crippen LogP contribution in [0.4, 0.5) is 10.1 Å². The highest BCUT2D eigenvalue weighted by Gasteiger charge is 2.51. The molecule has 2 aliphatic heterocycles. The Morgan fingerprint density at radius 1 is 1.12 bits per heavy atom. The first-order valence-corrected chi connectivity index (χ1v) is 9.24. The summed E-state index contributed by atoms with van der Waals surface area (Å²) < 4.78 is 21.2. The lowest BCUT2D eigenvalue weighted by atomic mass is 9.53. The third-order valence-electron chi connectivity index (χ3n) is 7.16. The third kappa shape index (κ3) is 2.08. The lowest BCUT2D eigenvalue weighted by Crippen LogP contribution is -2.37. The minimum Gasteiger partial charge on any atom is -0.426 e. The van der Waals surface area contributed by atoms with Crippen LogP contribution in [0.2, 0.25) is 6.32 Å². The first-order chi connectivity index (χ1) is 11.2. The highest BCUT2D eigenvalue weighted by Crippen LogP contribution is 2.51. The minimum absolute atomic E-state index is 0.0180. The average molecular weight is 327 g/mol. The Labute approximate surface area is 145 Å². The average Bonchev–Trinajstić information content (AvgIpc) is 3.12. The number of fused-ring (bicyclic) bond motifs is 2. The van der Waals surface area contributed by atoms with E-state index in [2.05, 4.69) is 45.7 Å². The van der Waals surface area contributed by atoms with Gasteiger partial charge in [-0.05, 0) is 62.4 Å². The van der Waals surface area contributed by atoms with Gasteiger partial charge in [-0.25, -0.2) is 4.39 Å². The Hall–Kier alpha value is -1.16. The molecule has 1 aliphatic carbocycles. The van der Waals surface area contributed by atoms with Gasteiger partial charge in [-0.2, -0.15) is 0 Å². The molecule has 2 heterocycles. The van der Waals surface area contributed by atoms with Crippen molar-refractivity contribution in [1.29, 1.82) is 0 Å². The van der Waals surface area contributed by atoms with Crippen LogP contribution in [0.3, 0.4) is 0 Å². The predicted molar refractivity (Wildman–Crippen MR) is 98.5 cm³/mol. The molecule has 3 aliphatic rings. The van der Waals surface area contributed by atoms with Crippen molar-refractivity contribution < 1.29 is 9.04 Å². The van der Waals surface area contributed by atoms with Crippen molar-refractivity contribution in [2.75, 3.05) is 0 Å². The largest absolute Gasteiger partial charge is 0.426 e. The van der Waals surface area contributed by atoms with Crippen molar-refractivity contribution in [3.63, 3.8) is 0 Å². The molecule has 1 saturated heterocycles. The fraction of sp³-hybridized carbons (Fsp3) is 0.650. The predicted octanol–water partition coefficient (Wildman–Crippen LogP) is 4.78. The van der Waals surface area contributed by atoms with Crippen LogP contribution in [-0.4, -0.2) is 18.2 Å². The van der Waals surface area contributed by atoms with Crippen LogP contribution in [0.15, 0.2) is 17.1 Å². The molecule has 0 N–H and O–H groups in total. The highest BCUT2D eigenvalue weighted by molar-refractivity contribution is 6.68. The monoisotopic (exact) mass is 327 g/mol. The number of aliphatic imine (C=N–C) groups is 1. The minimum atomic E-state index is -0.204. The molecule has 1 spiro atoms. The van der Waals surface area contributed by atoms with E-state index in [1.165, 1.54) is 12.8 Å². The van der Waals surface area contributed by atoms with E-state index in [1.807, 2.05) is 0 Å². The summed E-state index contributed by atoms with van der Waals surface area (Å²) in [4.78, 5) is 4.61. The van der Waals surface area contributed by atoms with Gasteiger partial charge in [0.1, 0.15) is 11.5 Å². The summed E-state index contributed by atoms with van der Waals surface area (Å²) in [5.74, 6) is -0.184. The van der Waals surface area contributed by atoms with Gasteiger partial charge < -0.3 is 4.65 Å². The fourth-order valence-corrected chi connectivity index (χ4v) is 4.82. The molecule has 1 saturated carbocycles. The molecule has 4 rings (SSSR count). The van der Waals surface area contributed by atoms with Crippen LogP contribution in [0.5, 0.6) is 0 Å². The second kappa shape index (κ2) is 4.94. The van der Waals surface area contributed by atoms with Gasteiger partial charge in [-0.3, -0.25) is 4.99 Å². The Morgan fingerprint density at radius 3 is 2.38 bits per heavy atom. The molecule has 0 atom stereocenters. The maximum atomic E-state index is 14.8. The van der Waals surface area contributed by atoms with Crippen LogP contribution in [0.1, 0.15) is 65.9 Å². The van der Waals surface area contributed by atoms with Crippen molar-refractivity contribution >= 4 is 23.8 Å². The van der Waals surface area contributed by atoms with Crippen molar-refractivity contribution in [2.45, 2.75) is 77.6 Å². The van der Waals surface area contributed by atoms with Gasteiger partial charge in [0.15, 0.2) is 0 Å². The lowest BCUT2D eigenvalue weighted by molar-refractivity contribution is 0.0375. The maximum Gasteiger partial charge on any atom is 0.328 e. The summed E-state index contributed by atoms with van der Waals surface area (Å²) in [5, 5.41) is 0. The Kier molecular flexibility index (Phi) is 3.36. The first kappa shape index (κ1) is 16.3. The van der Waals surface area contributed by atoms with Crippen molar-refractivity contribution in [2.24, 2.45) is 10.4 Å². The Bertz CT molecular complexity index is 715. The maximum absolute atomic E-state index is 14.8. The zero-order chi connectivity index (χ0) is 17.3. The zero-order valence-electron chi connectivity index (χ0n) is 15.5. The zero-order valence-corrected chi connectivity index (χ0v) is 15.5. The van der Waals surface area contributed by atoms with Crippen molar-refractivity contribution in [1.82, 2.24) is 0 Å². The summed E-state index contributed by atoms with van der Waals surface area (Å²) in [6.07, 6.45) is 5.53. The molecular formula is C20H27BFNO. The van der Waals surface area contributed by atoms with Crippen molar-refractivity contribution in [3.8, 4) is 0 Å². The SMILES string of the molecule is CC1=Nc2c(F)cc(B3CC(C)(C)C(C)(C)O3)cc2C12CCCC2. The lowest BCUT2D eigenvalue weighted by Gasteiger charge is -2.34. The van der Waals surface area contributed by atoms with Crippen LogP contribution in [0.25, 0.3) is 0 Å². The first-order valence-electron chi connectivity index (χ1n) is 9.24. The van der Waals surface area contributed by atoms with E-state index in [0.29, 0.717) is 5.69 Å². The Balaban J connectivity index is 1.77. The Morgan fingerprint density at radius 2 is 1.79 bits per heavy atom. The van der Waals surface area contributed by atoms with E-state index < -0.39 is 0 Å². The number of rotatable bonds is 1. The summed E-state index contributed by atoms with van der Waals surface area (Å²) in [5.41, 5.74) is 3.62. The van der Waals surface area contributed by atoms with E-state index in [0.717, 1.165) is 35.9 Å². The second-order valence-electron chi connectivity index (χ2n) is 9.09. The number of halogens is 1. The summed E-state index contributed by atoms with van der Waals surface area (Å²) in [6, 6.07) is 3.86. The molecule has 2 nitrogen and oxygen atoms in total. The highest BCUT2D eigenvalue weighted by atomic mass is 19.1. The molecule has 24 heavy (non-hydrogen) atoms.